The van der Waals surface area contributed by atoms with E-state index in [0.29, 0.717) is 32.8 Å². The lowest BCUT2D eigenvalue weighted by Crippen LogP contribution is -2.26. The van der Waals surface area contributed by atoms with Crippen molar-refractivity contribution in [1.82, 2.24) is 5.32 Å². The summed E-state index contributed by atoms with van der Waals surface area (Å²) in [5, 5.41) is 15.8. The van der Waals surface area contributed by atoms with Crippen molar-refractivity contribution in [2.75, 3.05) is 12.4 Å². The second kappa shape index (κ2) is 9.20. The molecule has 0 aliphatic heterocycles. The molecule has 9 heteroatoms. The lowest BCUT2D eigenvalue weighted by atomic mass is 9.79. The first-order valence-corrected chi connectivity index (χ1v) is 12.2. The Balaban J connectivity index is 1.39. The summed E-state index contributed by atoms with van der Waals surface area (Å²) in [6.45, 7) is 0.264. The molecular weight excluding hydrogens is 488 g/mol. The molecule has 3 aromatic rings. The maximum atomic E-state index is 13.3. The molecule has 1 heterocycles. The van der Waals surface area contributed by atoms with Crippen LogP contribution in [0.25, 0.3) is 5.57 Å². The zero-order valence-corrected chi connectivity index (χ0v) is 20.3. The van der Waals surface area contributed by atoms with Crippen molar-refractivity contribution in [1.29, 1.82) is 0 Å². The van der Waals surface area contributed by atoms with Gasteiger partial charge in [0.05, 0.1) is 23.3 Å². The van der Waals surface area contributed by atoms with Crippen LogP contribution in [0.5, 0.6) is 5.75 Å². The normalized spacial score (nSPS) is 15.4. The van der Waals surface area contributed by atoms with Crippen molar-refractivity contribution >= 4 is 51.3 Å². The Bertz CT molecular complexity index is 1390. The minimum Gasteiger partial charge on any atom is -0.495 e. The lowest BCUT2D eigenvalue weighted by Gasteiger charge is -2.26. The maximum Gasteiger partial charge on any atom is 0.335 e. The van der Waals surface area contributed by atoms with Gasteiger partial charge in [-0.2, -0.15) is 0 Å². The maximum absolute atomic E-state index is 13.3. The number of nitrogens with one attached hydrogen (secondary N) is 2. The summed E-state index contributed by atoms with van der Waals surface area (Å²) < 4.78 is 5.18. The fourth-order valence-electron chi connectivity index (χ4n) is 4.49. The predicted molar refractivity (Wildman–Crippen MR) is 135 cm³/mol. The number of carbonyl (C=O) groups is 3. The molecule has 0 saturated carbocycles. The van der Waals surface area contributed by atoms with E-state index in [9.17, 15) is 14.4 Å². The van der Waals surface area contributed by atoms with Crippen LogP contribution in [0.4, 0.5) is 5.00 Å². The third kappa shape index (κ3) is 4.19. The number of fused-ring (bicyclic) bond motifs is 4. The summed E-state index contributed by atoms with van der Waals surface area (Å²) in [5.41, 5.74) is 3.77. The fourth-order valence-corrected chi connectivity index (χ4v) is 6.14. The van der Waals surface area contributed by atoms with Crippen LogP contribution >= 0.6 is 22.9 Å². The first kappa shape index (κ1) is 23.1. The number of carboxylic acids is 1. The predicted octanol–water partition coefficient (Wildman–Crippen LogP) is 5.57. The van der Waals surface area contributed by atoms with Gasteiger partial charge in [0, 0.05) is 28.5 Å². The number of halogens is 1. The highest BCUT2D eigenvalue weighted by atomic mass is 35.5. The third-order valence-corrected chi connectivity index (χ3v) is 7.77. The molecule has 2 aliphatic carbocycles. The van der Waals surface area contributed by atoms with Gasteiger partial charge < -0.3 is 20.5 Å². The standard InChI is InChI=1S/C26H21ClN2O5S/c1-34-19-10-5-13(11-18(19)27)12-28-24(31)21-20-16-3-2-4-17(16)22(20)35-25(21)29-23(30)14-6-8-15(9-7-14)26(32)33/h3,5-11,17H,2,4,12H2,1H3,(H,28,31)(H,29,30)(H,32,33). The number of ether oxygens (including phenoxy) is 1. The summed E-state index contributed by atoms with van der Waals surface area (Å²) in [5.74, 6) is -0.869. The van der Waals surface area contributed by atoms with Crippen LogP contribution in [0.1, 0.15) is 65.8 Å². The number of amides is 2. The van der Waals surface area contributed by atoms with E-state index in [-0.39, 0.29) is 18.0 Å². The largest absolute Gasteiger partial charge is 0.495 e. The monoisotopic (exact) mass is 508 g/mol. The summed E-state index contributed by atoms with van der Waals surface area (Å²) in [7, 11) is 1.54. The molecule has 0 fully saturated rings. The Kier molecular flexibility index (Phi) is 6.08. The van der Waals surface area contributed by atoms with E-state index in [2.05, 4.69) is 16.7 Å². The number of carboxylic acid groups (broad SMARTS) is 1. The van der Waals surface area contributed by atoms with Gasteiger partial charge in [0.25, 0.3) is 11.8 Å². The Morgan fingerprint density at radius 1 is 1.11 bits per heavy atom. The molecule has 35 heavy (non-hydrogen) atoms. The quantitative estimate of drug-likeness (QED) is 0.387. The van der Waals surface area contributed by atoms with Gasteiger partial charge in [-0.05, 0) is 60.4 Å². The number of hydrogen-bond acceptors (Lipinski definition) is 5. The zero-order valence-electron chi connectivity index (χ0n) is 18.7. The van der Waals surface area contributed by atoms with Crippen LogP contribution in [-0.4, -0.2) is 30.0 Å². The zero-order chi connectivity index (χ0) is 24.7. The van der Waals surface area contributed by atoms with Crippen LogP contribution < -0.4 is 15.4 Å². The van der Waals surface area contributed by atoms with Crippen molar-refractivity contribution in [2.24, 2.45) is 0 Å². The molecule has 3 N–H and O–H groups in total. The van der Waals surface area contributed by atoms with Gasteiger partial charge in [0.2, 0.25) is 0 Å². The smallest absolute Gasteiger partial charge is 0.335 e. The number of aromatic carboxylic acids is 1. The highest BCUT2D eigenvalue weighted by molar-refractivity contribution is 7.17. The van der Waals surface area contributed by atoms with Gasteiger partial charge in [-0.15, -0.1) is 11.3 Å². The summed E-state index contributed by atoms with van der Waals surface area (Å²) >= 11 is 7.63. The van der Waals surface area contributed by atoms with E-state index in [1.54, 1.807) is 12.1 Å². The third-order valence-electron chi connectivity index (χ3n) is 6.25. The number of thiophene rings is 1. The highest BCUT2D eigenvalue weighted by Crippen LogP contribution is 2.59. The lowest BCUT2D eigenvalue weighted by molar-refractivity contribution is 0.0696. The average molecular weight is 509 g/mol. The van der Waals surface area contributed by atoms with E-state index in [1.165, 1.54) is 48.3 Å². The molecular formula is C26H21ClN2O5S. The van der Waals surface area contributed by atoms with Gasteiger partial charge in [0.15, 0.2) is 0 Å². The Labute approximate surface area is 210 Å². The Hall–Kier alpha value is -3.62. The molecule has 0 saturated heterocycles. The van der Waals surface area contributed by atoms with E-state index >= 15 is 0 Å². The van der Waals surface area contributed by atoms with E-state index in [1.807, 2.05) is 6.07 Å². The molecule has 5 rings (SSSR count). The van der Waals surface area contributed by atoms with Gasteiger partial charge in [0.1, 0.15) is 10.8 Å². The Morgan fingerprint density at radius 2 is 1.86 bits per heavy atom. The number of allylic oxidation sites excluding steroid dienone is 2. The van der Waals surface area contributed by atoms with E-state index in [0.717, 1.165) is 28.8 Å². The molecule has 178 valence electrons. The molecule has 0 bridgehead atoms. The van der Waals surface area contributed by atoms with Crippen molar-refractivity contribution in [2.45, 2.75) is 25.3 Å². The number of benzene rings is 2. The minimum atomic E-state index is -1.06. The Morgan fingerprint density at radius 3 is 2.54 bits per heavy atom. The van der Waals surface area contributed by atoms with Crippen molar-refractivity contribution in [3.8, 4) is 5.75 Å². The van der Waals surface area contributed by atoms with Crippen molar-refractivity contribution in [3.05, 3.63) is 86.3 Å². The van der Waals surface area contributed by atoms with Gasteiger partial charge in [-0.1, -0.05) is 23.7 Å². The summed E-state index contributed by atoms with van der Waals surface area (Å²) in [6, 6.07) is 11.0. The molecule has 1 atom stereocenters. The first-order valence-electron chi connectivity index (χ1n) is 11.0. The molecule has 2 amide bonds. The van der Waals surface area contributed by atoms with Gasteiger partial charge in [-0.3, -0.25) is 9.59 Å². The first-order chi connectivity index (χ1) is 16.9. The number of hydrogen-bond donors (Lipinski definition) is 3. The van der Waals surface area contributed by atoms with E-state index in [4.69, 9.17) is 21.4 Å². The summed E-state index contributed by atoms with van der Waals surface area (Å²) in [6.07, 6.45) is 4.15. The minimum absolute atomic E-state index is 0.0960. The molecule has 7 nitrogen and oxygen atoms in total. The second-order valence-electron chi connectivity index (χ2n) is 8.32. The van der Waals surface area contributed by atoms with Gasteiger partial charge >= 0.3 is 5.97 Å². The SMILES string of the molecule is COc1ccc(CNC(=O)c2c(NC(=O)c3ccc(C(=O)O)cc3)sc3c2C2=CCCC23)cc1Cl. The number of carbonyl (C=O) groups excluding carboxylic acids is 2. The highest BCUT2D eigenvalue weighted by Gasteiger charge is 2.42. The van der Waals surface area contributed by atoms with Crippen LogP contribution in [-0.2, 0) is 6.54 Å². The molecule has 1 unspecified atom stereocenters. The molecule has 0 radical (unpaired) electrons. The van der Waals surface area contributed by atoms with Crippen LogP contribution in [0.15, 0.2) is 48.5 Å². The summed E-state index contributed by atoms with van der Waals surface area (Å²) in [4.78, 5) is 38.4. The van der Waals surface area contributed by atoms with Crippen LogP contribution in [0, 0.1) is 0 Å². The molecule has 2 aliphatic rings. The molecule has 2 aromatic carbocycles. The van der Waals surface area contributed by atoms with Crippen molar-refractivity contribution in [3.63, 3.8) is 0 Å². The van der Waals surface area contributed by atoms with Crippen molar-refractivity contribution < 1.29 is 24.2 Å². The van der Waals surface area contributed by atoms with Crippen LogP contribution in [0.2, 0.25) is 5.02 Å². The topological polar surface area (TPSA) is 105 Å². The second-order valence-corrected chi connectivity index (χ2v) is 9.78. The number of rotatable bonds is 7. The molecule has 0 spiro atoms. The van der Waals surface area contributed by atoms with E-state index < -0.39 is 11.9 Å². The van der Waals surface area contributed by atoms with Gasteiger partial charge in [-0.25, -0.2) is 4.79 Å². The fraction of sp³-hybridized carbons (Fsp3) is 0.192. The number of anilines is 1. The van der Waals surface area contributed by atoms with Crippen LogP contribution in [0.3, 0.4) is 0 Å². The average Bonchev–Trinajstić information content (AvgIpc) is 3.40. The molecule has 1 aromatic heterocycles. The number of methoxy groups -OCH3 is 1.